The summed E-state index contributed by atoms with van der Waals surface area (Å²) in [5.41, 5.74) is 1.03. The molecule has 7 heteroatoms. The number of carbonyl (C=O) groups is 1. The highest BCUT2D eigenvalue weighted by molar-refractivity contribution is 5.96. The van der Waals surface area contributed by atoms with Crippen molar-refractivity contribution in [1.29, 1.82) is 0 Å². The van der Waals surface area contributed by atoms with E-state index in [2.05, 4.69) is 20.5 Å². The molecule has 2 aromatic heterocycles. The third-order valence-electron chi connectivity index (χ3n) is 3.10. The number of hydrogen-bond acceptors (Lipinski definition) is 6. The molecule has 0 saturated carbocycles. The smallest absolute Gasteiger partial charge is 0.266 e. The molecule has 2 heterocycles. The number of rotatable bonds is 5. The minimum atomic E-state index is -0.278. The molecule has 0 aliphatic carbocycles. The summed E-state index contributed by atoms with van der Waals surface area (Å²) in [6.07, 6.45) is 1.64. The molecule has 7 nitrogen and oxygen atoms in total. The lowest BCUT2D eigenvalue weighted by Gasteiger charge is -2.07. The van der Waals surface area contributed by atoms with E-state index >= 15 is 0 Å². The Balaban J connectivity index is 1.67. The lowest BCUT2D eigenvalue weighted by Crippen LogP contribution is -2.23. The van der Waals surface area contributed by atoms with Gasteiger partial charge in [-0.2, -0.15) is 0 Å². The summed E-state index contributed by atoms with van der Waals surface area (Å²) in [7, 11) is 1.52. The van der Waals surface area contributed by atoms with E-state index in [0.717, 1.165) is 0 Å². The molecule has 3 aromatic rings. The van der Waals surface area contributed by atoms with Gasteiger partial charge in [0.05, 0.1) is 19.2 Å². The first-order valence-corrected chi connectivity index (χ1v) is 6.93. The highest BCUT2D eigenvalue weighted by Crippen LogP contribution is 2.17. The van der Waals surface area contributed by atoms with Crippen molar-refractivity contribution in [3.05, 3.63) is 60.1 Å². The van der Waals surface area contributed by atoms with E-state index in [9.17, 15) is 4.79 Å². The maximum atomic E-state index is 12.2. The second kappa shape index (κ2) is 6.69. The average molecular weight is 310 g/mol. The van der Waals surface area contributed by atoms with Crippen LogP contribution in [0.5, 0.6) is 5.75 Å². The molecular weight excluding hydrogens is 296 g/mol. The van der Waals surface area contributed by atoms with Gasteiger partial charge in [-0.1, -0.05) is 18.2 Å². The Morgan fingerprint density at radius 3 is 2.78 bits per heavy atom. The third-order valence-corrected chi connectivity index (χ3v) is 3.10. The number of amides is 1. The summed E-state index contributed by atoms with van der Waals surface area (Å²) in [4.78, 5) is 16.3. The van der Waals surface area contributed by atoms with Gasteiger partial charge < -0.3 is 14.5 Å². The van der Waals surface area contributed by atoms with Gasteiger partial charge in [0.1, 0.15) is 11.4 Å². The summed E-state index contributed by atoms with van der Waals surface area (Å²) in [5.74, 6) is 0.839. The van der Waals surface area contributed by atoms with E-state index in [0.29, 0.717) is 28.8 Å². The van der Waals surface area contributed by atoms with Crippen LogP contribution < -0.4 is 10.1 Å². The average Bonchev–Trinajstić information content (AvgIpc) is 3.09. The second-order valence-electron chi connectivity index (χ2n) is 4.60. The first kappa shape index (κ1) is 14.7. The van der Waals surface area contributed by atoms with Gasteiger partial charge >= 0.3 is 0 Å². The van der Waals surface area contributed by atoms with E-state index < -0.39 is 0 Å². The molecule has 0 fully saturated rings. The highest BCUT2D eigenvalue weighted by atomic mass is 16.5. The third kappa shape index (κ3) is 3.34. The zero-order valence-corrected chi connectivity index (χ0v) is 12.4. The van der Waals surface area contributed by atoms with E-state index in [1.807, 2.05) is 6.07 Å². The van der Waals surface area contributed by atoms with Crippen molar-refractivity contribution in [1.82, 2.24) is 20.5 Å². The molecule has 1 amide bonds. The van der Waals surface area contributed by atoms with Gasteiger partial charge in [0.15, 0.2) is 0 Å². The molecule has 23 heavy (non-hydrogen) atoms. The molecule has 0 radical (unpaired) electrons. The number of carbonyl (C=O) groups excluding carboxylic acids is 1. The van der Waals surface area contributed by atoms with Crippen molar-refractivity contribution in [3.8, 4) is 17.3 Å². The zero-order chi connectivity index (χ0) is 16.1. The Kier molecular flexibility index (Phi) is 4.28. The van der Waals surface area contributed by atoms with Crippen LogP contribution >= 0.6 is 0 Å². The molecule has 0 aliphatic rings. The number of aromatic nitrogens is 3. The molecule has 116 valence electrons. The van der Waals surface area contributed by atoms with Gasteiger partial charge in [-0.3, -0.25) is 9.78 Å². The minimum absolute atomic E-state index is 0.122. The standard InChI is InChI=1S/C16H14N4O3/c1-22-13-8-3-2-6-11(13)15(21)18-10-14-19-20-16(23-14)12-7-4-5-9-17-12/h2-9H,10H2,1H3,(H,18,21). The maximum Gasteiger partial charge on any atom is 0.266 e. The van der Waals surface area contributed by atoms with Crippen LogP contribution in [0.4, 0.5) is 0 Å². The molecule has 1 aromatic carbocycles. The first-order valence-electron chi connectivity index (χ1n) is 6.93. The van der Waals surface area contributed by atoms with Gasteiger partial charge in [0.25, 0.3) is 11.8 Å². The lowest BCUT2D eigenvalue weighted by atomic mass is 10.2. The maximum absolute atomic E-state index is 12.2. The molecule has 0 unspecified atom stereocenters. The molecule has 0 aliphatic heterocycles. The summed E-state index contributed by atoms with van der Waals surface area (Å²) < 4.78 is 10.6. The number of methoxy groups -OCH3 is 1. The molecule has 3 rings (SSSR count). The van der Waals surface area contributed by atoms with Crippen LogP contribution in [0.2, 0.25) is 0 Å². The monoisotopic (exact) mass is 310 g/mol. The zero-order valence-electron chi connectivity index (χ0n) is 12.4. The summed E-state index contributed by atoms with van der Waals surface area (Å²) in [6.45, 7) is 0.122. The van der Waals surface area contributed by atoms with Crippen molar-refractivity contribution >= 4 is 5.91 Å². The predicted molar refractivity (Wildman–Crippen MR) is 81.7 cm³/mol. The Bertz CT molecular complexity index is 802. The van der Waals surface area contributed by atoms with Crippen LogP contribution in [0.3, 0.4) is 0 Å². The Morgan fingerprint density at radius 1 is 1.17 bits per heavy atom. The van der Waals surface area contributed by atoms with Crippen LogP contribution in [0, 0.1) is 0 Å². The van der Waals surface area contributed by atoms with Gasteiger partial charge in [0.2, 0.25) is 5.89 Å². The number of nitrogens with zero attached hydrogens (tertiary/aromatic N) is 3. The van der Waals surface area contributed by atoms with Gasteiger partial charge in [-0.25, -0.2) is 0 Å². The normalized spacial score (nSPS) is 10.3. The molecule has 0 atom stereocenters. The van der Waals surface area contributed by atoms with Gasteiger partial charge in [-0.05, 0) is 24.3 Å². The predicted octanol–water partition coefficient (Wildman–Crippen LogP) is 2.07. The summed E-state index contributed by atoms with van der Waals surface area (Å²) >= 11 is 0. The molecule has 0 bridgehead atoms. The van der Waals surface area contributed by atoms with Gasteiger partial charge in [0, 0.05) is 6.20 Å². The molecule has 1 N–H and O–H groups in total. The Morgan fingerprint density at radius 2 is 2.00 bits per heavy atom. The fourth-order valence-electron chi connectivity index (χ4n) is 2.00. The SMILES string of the molecule is COc1ccccc1C(=O)NCc1nnc(-c2ccccn2)o1. The van der Waals surface area contributed by atoms with Crippen LogP contribution in [0.25, 0.3) is 11.6 Å². The van der Waals surface area contributed by atoms with Crippen molar-refractivity contribution in [3.63, 3.8) is 0 Å². The van der Waals surface area contributed by atoms with Crippen LogP contribution in [-0.4, -0.2) is 28.2 Å². The van der Waals surface area contributed by atoms with Gasteiger partial charge in [-0.15, -0.1) is 10.2 Å². The fourth-order valence-corrected chi connectivity index (χ4v) is 2.00. The Hall–Kier alpha value is -3.22. The van der Waals surface area contributed by atoms with Crippen molar-refractivity contribution in [2.75, 3.05) is 7.11 Å². The number of pyridine rings is 1. The lowest BCUT2D eigenvalue weighted by molar-refractivity contribution is 0.0944. The van der Waals surface area contributed by atoms with E-state index in [1.54, 1.807) is 42.6 Å². The quantitative estimate of drug-likeness (QED) is 0.776. The largest absolute Gasteiger partial charge is 0.496 e. The number of benzene rings is 1. The van der Waals surface area contributed by atoms with Crippen LogP contribution in [0.15, 0.2) is 53.1 Å². The summed E-state index contributed by atoms with van der Waals surface area (Å²) in [5, 5.41) is 10.5. The fraction of sp³-hybridized carbons (Fsp3) is 0.125. The van der Waals surface area contributed by atoms with E-state index in [4.69, 9.17) is 9.15 Å². The van der Waals surface area contributed by atoms with Crippen LogP contribution in [0.1, 0.15) is 16.2 Å². The second-order valence-corrected chi connectivity index (χ2v) is 4.60. The number of para-hydroxylation sites is 1. The number of nitrogens with one attached hydrogen (secondary N) is 1. The van der Waals surface area contributed by atoms with Crippen molar-refractivity contribution in [2.45, 2.75) is 6.54 Å². The highest BCUT2D eigenvalue weighted by Gasteiger charge is 2.13. The molecule has 0 spiro atoms. The van der Waals surface area contributed by atoms with Crippen molar-refractivity contribution in [2.24, 2.45) is 0 Å². The summed E-state index contributed by atoms with van der Waals surface area (Å²) in [6, 6.07) is 12.4. The number of ether oxygens (including phenoxy) is 1. The Labute approximate surface area is 132 Å². The minimum Gasteiger partial charge on any atom is -0.496 e. The first-order chi connectivity index (χ1) is 11.3. The van der Waals surface area contributed by atoms with E-state index in [1.165, 1.54) is 7.11 Å². The molecule has 0 saturated heterocycles. The molecular formula is C16H14N4O3. The van der Waals surface area contributed by atoms with Crippen LogP contribution in [-0.2, 0) is 6.54 Å². The van der Waals surface area contributed by atoms with E-state index in [-0.39, 0.29) is 12.5 Å². The number of hydrogen-bond donors (Lipinski definition) is 1. The topological polar surface area (TPSA) is 90.1 Å². The van der Waals surface area contributed by atoms with Crippen molar-refractivity contribution < 1.29 is 13.9 Å².